The normalized spacial score (nSPS) is 14.9. The summed E-state index contributed by atoms with van der Waals surface area (Å²) in [7, 11) is 2.80. The Kier molecular flexibility index (Phi) is 9.96. The van der Waals surface area contributed by atoms with E-state index in [-0.39, 0.29) is 22.7 Å². The van der Waals surface area contributed by atoms with E-state index in [1.54, 1.807) is 37.4 Å². The van der Waals surface area contributed by atoms with Gasteiger partial charge < -0.3 is 14.8 Å². The fourth-order valence-corrected chi connectivity index (χ4v) is 5.93. The number of carbonyl (C=O) groups excluding carboxylic acids is 2. The molecule has 1 saturated heterocycles. The average Bonchev–Trinajstić information content (AvgIpc) is 3.69. The predicted molar refractivity (Wildman–Crippen MR) is 177 cm³/mol. The zero-order chi connectivity index (χ0) is 33.9. The Bertz CT molecular complexity index is 1830. The highest BCUT2D eigenvalue weighted by Crippen LogP contribution is 2.36. The van der Waals surface area contributed by atoms with Crippen LogP contribution in [0, 0.1) is 0 Å². The van der Waals surface area contributed by atoms with Crippen molar-refractivity contribution in [1.29, 1.82) is 0 Å². The second kappa shape index (κ2) is 13.9. The number of nitrogens with one attached hydrogen (secondary N) is 1. The van der Waals surface area contributed by atoms with Crippen molar-refractivity contribution in [3.63, 3.8) is 0 Å². The monoisotopic (exact) mass is 682 g/mol. The molecule has 1 aliphatic heterocycles. The minimum Gasteiger partial charge on any atom is -0.497 e. The van der Waals surface area contributed by atoms with Crippen molar-refractivity contribution in [3.05, 3.63) is 89.7 Å². The van der Waals surface area contributed by atoms with Gasteiger partial charge in [0.25, 0.3) is 0 Å². The number of thiocarbonyl (C=S) groups is 1. The van der Waals surface area contributed by atoms with E-state index in [9.17, 15) is 22.8 Å². The molecule has 0 spiro atoms. The Morgan fingerprint density at radius 1 is 1.06 bits per heavy atom. The second-order valence-electron chi connectivity index (χ2n) is 10.6. The molecule has 1 amide bonds. The van der Waals surface area contributed by atoms with Crippen LogP contribution in [0.15, 0.2) is 78.0 Å². The first-order valence-corrected chi connectivity index (χ1v) is 15.6. The lowest BCUT2D eigenvalue weighted by molar-refractivity contribution is -0.143. The summed E-state index contributed by atoms with van der Waals surface area (Å²) < 4.78 is 50.6. The van der Waals surface area contributed by atoms with Gasteiger partial charge in [0.1, 0.15) is 12.1 Å². The van der Waals surface area contributed by atoms with Gasteiger partial charge in [-0.05, 0) is 59.6 Å². The lowest BCUT2D eigenvalue weighted by Crippen LogP contribution is -2.35. The average molecular weight is 683 g/mol. The molecule has 15 heteroatoms. The van der Waals surface area contributed by atoms with E-state index in [0.29, 0.717) is 39.2 Å². The number of aliphatic imine (C=N–C) groups is 1. The van der Waals surface area contributed by atoms with Crippen molar-refractivity contribution in [2.24, 2.45) is 4.99 Å². The minimum atomic E-state index is -4.44. The van der Waals surface area contributed by atoms with Gasteiger partial charge in [-0.15, -0.1) is 5.10 Å². The van der Waals surface area contributed by atoms with Crippen LogP contribution in [0.1, 0.15) is 42.5 Å². The maximum absolute atomic E-state index is 13.0. The number of hydrogen-bond donors (Lipinski definition) is 1. The van der Waals surface area contributed by atoms with E-state index >= 15 is 0 Å². The first kappa shape index (κ1) is 33.6. The molecule has 3 aromatic carbocycles. The van der Waals surface area contributed by atoms with Crippen LogP contribution in [-0.4, -0.2) is 56.9 Å². The molecule has 0 radical (unpaired) electrons. The summed E-state index contributed by atoms with van der Waals surface area (Å²) in [5.74, 6) is 0.405. The molecule has 0 bridgehead atoms. The lowest BCUT2D eigenvalue weighted by Gasteiger charge is -2.23. The smallest absolute Gasteiger partial charge is 0.416 e. The third-order valence-electron chi connectivity index (χ3n) is 7.22. The highest BCUT2D eigenvalue weighted by Gasteiger charge is 2.33. The van der Waals surface area contributed by atoms with Gasteiger partial charge in [0, 0.05) is 11.6 Å². The van der Waals surface area contributed by atoms with Crippen LogP contribution in [0.3, 0.4) is 0 Å². The molecule has 0 aliphatic carbocycles. The van der Waals surface area contributed by atoms with Crippen LogP contribution in [-0.2, 0) is 20.5 Å². The second-order valence-corrected chi connectivity index (χ2v) is 11.9. The number of esters is 1. The molecule has 1 aromatic heterocycles. The van der Waals surface area contributed by atoms with Crippen molar-refractivity contribution in [3.8, 4) is 22.8 Å². The molecule has 47 heavy (non-hydrogen) atoms. The van der Waals surface area contributed by atoms with Crippen LogP contribution in [0.2, 0.25) is 0 Å². The number of thioether (sulfide) groups is 1. The van der Waals surface area contributed by atoms with Crippen LogP contribution < -0.4 is 15.0 Å². The van der Waals surface area contributed by atoms with Gasteiger partial charge in [-0.25, -0.2) is 14.5 Å². The maximum atomic E-state index is 13.0. The number of ether oxygens (including phenoxy) is 2. The molecule has 1 fully saturated rings. The highest BCUT2D eigenvalue weighted by atomic mass is 32.2. The molecule has 244 valence electrons. The molecule has 10 nitrogen and oxygen atoms in total. The Hall–Kier alpha value is -4.76. The first-order chi connectivity index (χ1) is 22.4. The fraction of sp³-hybridized carbons (Fsp3) is 0.250. The molecule has 1 atom stereocenters. The number of halogens is 3. The van der Waals surface area contributed by atoms with Crippen molar-refractivity contribution in [2.45, 2.75) is 32.0 Å². The van der Waals surface area contributed by atoms with E-state index in [2.05, 4.69) is 20.4 Å². The lowest BCUT2D eigenvalue weighted by atomic mass is 10.00. The summed E-state index contributed by atoms with van der Waals surface area (Å²) in [6.07, 6.45) is -3.04. The zero-order valence-corrected chi connectivity index (χ0v) is 27.2. The number of benzene rings is 3. The summed E-state index contributed by atoms with van der Waals surface area (Å²) in [6, 6.07) is 15.8. The Morgan fingerprint density at radius 3 is 2.38 bits per heavy atom. The number of hydrogen-bond acceptors (Lipinski definition) is 8. The zero-order valence-electron chi connectivity index (χ0n) is 25.6. The van der Waals surface area contributed by atoms with Crippen molar-refractivity contribution in [2.75, 3.05) is 24.9 Å². The van der Waals surface area contributed by atoms with E-state index in [0.717, 1.165) is 17.7 Å². The minimum absolute atomic E-state index is 0.0300. The molecule has 1 aliphatic rings. The summed E-state index contributed by atoms with van der Waals surface area (Å²) in [5, 5.41) is 7.64. The molecule has 4 aromatic rings. The largest absolute Gasteiger partial charge is 0.497 e. The third kappa shape index (κ3) is 7.46. The number of amidine groups is 1. The maximum Gasteiger partial charge on any atom is 0.416 e. The molecule has 1 N–H and O–H groups in total. The number of anilines is 1. The summed E-state index contributed by atoms with van der Waals surface area (Å²) in [4.78, 5) is 36.1. The summed E-state index contributed by atoms with van der Waals surface area (Å²) in [5.41, 5.74) is 2.33. The topological polar surface area (TPSA) is 111 Å². The Labute approximate surface area is 278 Å². The highest BCUT2D eigenvalue weighted by molar-refractivity contribution is 8.15. The van der Waals surface area contributed by atoms with Gasteiger partial charge in [-0.2, -0.15) is 18.2 Å². The third-order valence-corrected chi connectivity index (χ3v) is 8.35. The van der Waals surface area contributed by atoms with Crippen molar-refractivity contribution < 1.29 is 32.2 Å². The van der Waals surface area contributed by atoms with E-state index < -0.39 is 23.8 Å². The molecule has 0 saturated carbocycles. The number of amides is 1. The molecule has 1 unspecified atom stereocenters. The van der Waals surface area contributed by atoms with Crippen LogP contribution in [0.25, 0.3) is 17.1 Å². The van der Waals surface area contributed by atoms with Crippen LogP contribution >= 0.6 is 24.0 Å². The molecule has 2 heterocycles. The predicted octanol–water partition coefficient (Wildman–Crippen LogP) is 6.31. The summed E-state index contributed by atoms with van der Waals surface area (Å²) in [6.45, 7) is 4.05. The molecule has 5 rings (SSSR count). The van der Waals surface area contributed by atoms with Crippen molar-refractivity contribution in [1.82, 2.24) is 20.1 Å². The van der Waals surface area contributed by atoms with E-state index in [1.807, 2.05) is 26.0 Å². The molecular formula is C32H29F3N6O4S2. The van der Waals surface area contributed by atoms with Gasteiger partial charge in [0.15, 0.2) is 22.1 Å². The quantitative estimate of drug-likeness (QED) is 0.169. The number of carbonyl (C=O) groups is 2. The van der Waals surface area contributed by atoms with Crippen LogP contribution in [0.5, 0.6) is 5.75 Å². The number of alkyl halides is 3. The first-order valence-electron chi connectivity index (χ1n) is 14.2. The number of nitrogens with zero attached hydrogens (tertiary/aromatic N) is 5. The number of rotatable bonds is 8. The SMILES string of the molecule is COC(=O)C(NC(=S)N=C1SCC(=O)N1c1cc(OC)ccc1C(C)C)c1ccc(-c2ncn(-c3ccc(C(F)(F)F)cc3)n2)cc1. The van der Waals surface area contributed by atoms with E-state index in [1.165, 1.54) is 46.9 Å². The van der Waals surface area contributed by atoms with Gasteiger partial charge in [-0.1, -0.05) is 55.9 Å². The van der Waals surface area contributed by atoms with Gasteiger partial charge in [0.2, 0.25) is 5.91 Å². The van der Waals surface area contributed by atoms with Gasteiger partial charge >= 0.3 is 12.1 Å². The van der Waals surface area contributed by atoms with E-state index in [4.69, 9.17) is 21.7 Å². The van der Waals surface area contributed by atoms with Crippen LogP contribution in [0.4, 0.5) is 18.9 Å². The standard InChI is InChI=1S/C32H29F3N6O4S2/c1-18(2)24-14-13-23(44-3)15-25(24)41-26(42)16-47-31(41)38-30(46)37-27(29(43)45-4)19-5-7-20(8-6-19)28-36-17-40(39-28)22-11-9-21(10-12-22)32(33,34)35/h5-15,17-18,27H,16H2,1-4H3,(H,37,46). The Morgan fingerprint density at radius 2 is 1.77 bits per heavy atom. The number of methoxy groups -OCH3 is 2. The molecular weight excluding hydrogens is 654 g/mol. The fourth-order valence-electron chi connectivity index (χ4n) is 4.80. The number of aromatic nitrogens is 3. The van der Waals surface area contributed by atoms with Gasteiger partial charge in [0.05, 0.1) is 36.9 Å². The van der Waals surface area contributed by atoms with Crippen molar-refractivity contribution >= 4 is 51.8 Å². The summed E-state index contributed by atoms with van der Waals surface area (Å²) >= 11 is 6.75. The van der Waals surface area contributed by atoms with Gasteiger partial charge in [-0.3, -0.25) is 9.69 Å². The Balaban J connectivity index is 1.35.